The van der Waals surface area contributed by atoms with E-state index < -0.39 is 0 Å². The van der Waals surface area contributed by atoms with E-state index in [-0.39, 0.29) is 19.1 Å². The lowest BCUT2D eigenvalue weighted by Gasteiger charge is -2.05. The van der Waals surface area contributed by atoms with Crippen LogP contribution in [0.15, 0.2) is 22.7 Å². The van der Waals surface area contributed by atoms with Gasteiger partial charge in [-0.15, -0.1) is 0 Å². The SMILES string of the molecule is Cc1cc(COC(=O)CN)ccc1Br. The van der Waals surface area contributed by atoms with Crippen LogP contribution in [0.4, 0.5) is 0 Å². The van der Waals surface area contributed by atoms with Gasteiger partial charge in [0.2, 0.25) is 0 Å². The van der Waals surface area contributed by atoms with Crippen molar-refractivity contribution in [1.82, 2.24) is 0 Å². The number of ether oxygens (including phenoxy) is 1. The van der Waals surface area contributed by atoms with Crippen molar-refractivity contribution in [3.8, 4) is 0 Å². The van der Waals surface area contributed by atoms with Crippen LogP contribution in [0.3, 0.4) is 0 Å². The molecule has 0 aromatic heterocycles. The Bertz CT molecular complexity index is 339. The van der Waals surface area contributed by atoms with Crippen molar-refractivity contribution < 1.29 is 9.53 Å². The maximum Gasteiger partial charge on any atom is 0.320 e. The summed E-state index contributed by atoms with van der Waals surface area (Å²) in [5, 5.41) is 0. The lowest BCUT2D eigenvalue weighted by molar-refractivity contribution is -0.143. The number of rotatable bonds is 3. The first-order valence-corrected chi connectivity index (χ1v) is 5.03. The van der Waals surface area contributed by atoms with Gasteiger partial charge in [-0.3, -0.25) is 4.79 Å². The van der Waals surface area contributed by atoms with Gasteiger partial charge < -0.3 is 10.5 Å². The van der Waals surface area contributed by atoms with E-state index in [4.69, 9.17) is 10.5 Å². The molecule has 76 valence electrons. The van der Waals surface area contributed by atoms with Crippen LogP contribution >= 0.6 is 15.9 Å². The van der Waals surface area contributed by atoms with Gasteiger partial charge in [0.1, 0.15) is 6.61 Å². The highest BCUT2D eigenvalue weighted by Crippen LogP contribution is 2.17. The van der Waals surface area contributed by atoms with Crippen molar-refractivity contribution in [2.45, 2.75) is 13.5 Å². The minimum absolute atomic E-state index is 0.0739. The third kappa shape index (κ3) is 3.12. The Balaban J connectivity index is 2.60. The summed E-state index contributed by atoms with van der Waals surface area (Å²) in [5.74, 6) is -0.384. The third-order valence-corrected chi connectivity index (χ3v) is 2.68. The van der Waals surface area contributed by atoms with Crippen molar-refractivity contribution in [2.24, 2.45) is 5.73 Å². The molecule has 3 nitrogen and oxygen atoms in total. The van der Waals surface area contributed by atoms with Crippen LogP contribution in [0.5, 0.6) is 0 Å². The summed E-state index contributed by atoms with van der Waals surface area (Å²) in [6.07, 6.45) is 0. The van der Waals surface area contributed by atoms with Gasteiger partial charge in [-0.25, -0.2) is 0 Å². The van der Waals surface area contributed by atoms with E-state index in [1.807, 2.05) is 25.1 Å². The standard InChI is InChI=1S/C10H12BrNO2/c1-7-4-8(2-3-9(7)11)6-14-10(13)5-12/h2-4H,5-6,12H2,1H3. The maximum absolute atomic E-state index is 10.8. The van der Waals surface area contributed by atoms with Crippen molar-refractivity contribution in [2.75, 3.05) is 6.54 Å². The van der Waals surface area contributed by atoms with Crippen LogP contribution in [-0.4, -0.2) is 12.5 Å². The summed E-state index contributed by atoms with van der Waals surface area (Å²) in [6, 6.07) is 5.80. The van der Waals surface area contributed by atoms with E-state index in [0.29, 0.717) is 0 Å². The molecule has 0 radical (unpaired) electrons. The number of carbonyl (C=O) groups is 1. The molecule has 4 heteroatoms. The molecular formula is C10H12BrNO2. The van der Waals surface area contributed by atoms with Crippen LogP contribution < -0.4 is 5.73 Å². The fraction of sp³-hybridized carbons (Fsp3) is 0.300. The number of aryl methyl sites for hydroxylation is 1. The molecular weight excluding hydrogens is 246 g/mol. The highest BCUT2D eigenvalue weighted by atomic mass is 79.9. The van der Waals surface area contributed by atoms with Gasteiger partial charge in [0.25, 0.3) is 0 Å². The van der Waals surface area contributed by atoms with Gasteiger partial charge >= 0.3 is 5.97 Å². The maximum atomic E-state index is 10.8. The molecule has 0 aliphatic carbocycles. The Labute approximate surface area is 91.4 Å². The molecule has 0 spiro atoms. The lowest BCUT2D eigenvalue weighted by Crippen LogP contribution is -2.16. The Morgan fingerprint density at radius 1 is 1.57 bits per heavy atom. The largest absolute Gasteiger partial charge is 0.460 e. The molecule has 14 heavy (non-hydrogen) atoms. The second-order valence-corrected chi connectivity index (χ2v) is 3.80. The molecule has 0 amide bonds. The molecule has 0 fully saturated rings. The Morgan fingerprint density at radius 3 is 2.86 bits per heavy atom. The van der Waals surface area contributed by atoms with Crippen LogP contribution in [0.25, 0.3) is 0 Å². The molecule has 0 bridgehead atoms. The number of hydrogen-bond donors (Lipinski definition) is 1. The molecule has 0 saturated carbocycles. The minimum Gasteiger partial charge on any atom is -0.460 e. The van der Waals surface area contributed by atoms with Crippen LogP contribution in [0.2, 0.25) is 0 Å². The first-order valence-electron chi connectivity index (χ1n) is 4.24. The molecule has 0 aliphatic rings. The molecule has 0 aliphatic heterocycles. The molecule has 1 aromatic carbocycles. The monoisotopic (exact) mass is 257 g/mol. The molecule has 0 heterocycles. The molecule has 2 N–H and O–H groups in total. The number of carbonyl (C=O) groups excluding carboxylic acids is 1. The number of benzene rings is 1. The lowest BCUT2D eigenvalue weighted by atomic mass is 10.1. The second-order valence-electron chi connectivity index (χ2n) is 2.95. The van der Waals surface area contributed by atoms with Crippen molar-refractivity contribution in [1.29, 1.82) is 0 Å². The summed E-state index contributed by atoms with van der Waals surface area (Å²) < 4.78 is 5.94. The predicted molar refractivity (Wildman–Crippen MR) is 57.7 cm³/mol. The smallest absolute Gasteiger partial charge is 0.320 e. The average molecular weight is 258 g/mol. The zero-order valence-electron chi connectivity index (χ0n) is 7.92. The van der Waals surface area contributed by atoms with E-state index in [0.717, 1.165) is 15.6 Å². The number of esters is 1. The Kier molecular flexibility index (Phi) is 4.10. The summed E-state index contributed by atoms with van der Waals surface area (Å²) in [5.41, 5.74) is 7.19. The summed E-state index contributed by atoms with van der Waals surface area (Å²) in [6.45, 7) is 2.19. The van der Waals surface area contributed by atoms with E-state index in [9.17, 15) is 4.79 Å². The number of nitrogens with two attached hydrogens (primary N) is 1. The first kappa shape index (κ1) is 11.2. The van der Waals surface area contributed by atoms with E-state index >= 15 is 0 Å². The van der Waals surface area contributed by atoms with Gasteiger partial charge in [0.05, 0.1) is 6.54 Å². The summed E-state index contributed by atoms with van der Waals surface area (Å²) >= 11 is 3.40. The molecule has 1 aromatic rings. The quantitative estimate of drug-likeness (QED) is 0.840. The topological polar surface area (TPSA) is 52.3 Å². The summed E-state index contributed by atoms with van der Waals surface area (Å²) in [4.78, 5) is 10.8. The van der Waals surface area contributed by atoms with Gasteiger partial charge in [-0.2, -0.15) is 0 Å². The van der Waals surface area contributed by atoms with E-state index in [2.05, 4.69) is 15.9 Å². The van der Waals surface area contributed by atoms with Crippen molar-refractivity contribution in [3.05, 3.63) is 33.8 Å². The van der Waals surface area contributed by atoms with E-state index in [1.54, 1.807) is 0 Å². The first-order chi connectivity index (χ1) is 6.63. The normalized spacial score (nSPS) is 9.93. The molecule has 0 atom stereocenters. The Hall–Kier alpha value is -0.870. The van der Waals surface area contributed by atoms with E-state index in [1.165, 1.54) is 0 Å². The zero-order chi connectivity index (χ0) is 10.6. The fourth-order valence-corrected chi connectivity index (χ4v) is 1.27. The Morgan fingerprint density at radius 2 is 2.29 bits per heavy atom. The molecule has 0 saturated heterocycles. The van der Waals surface area contributed by atoms with Crippen LogP contribution in [0, 0.1) is 6.92 Å². The van der Waals surface area contributed by atoms with Gasteiger partial charge in [0.15, 0.2) is 0 Å². The molecule has 1 rings (SSSR count). The third-order valence-electron chi connectivity index (χ3n) is 1.79. The second kappa shape index (κ2) is 5.12. The highest BCUT2D eigenvalue weighted by molar-refractivity contribution is 9.10. The average Bonchev–Trinajstić information content (AvgIpc) is 2.19. The van der Waals surface area contributed by atoms with Gasteiger partial charge in [0, 0.05) is 4.47 Å². The highest BCUT2D eigenvalue weighted by Gasteiger charge is 2.01. The fourth-order valence-electron chi connectivity index (χ4n) is 1.02. The zero-order valence-corrected chi connectivity index (χ0v) is 9.50. The van der Waals surface area contributed by atoms with Crippen LogP contribution in [-0.2, 0) is 16.1 Å². The number of halogens is 1. The van der Waals surface area contributed by atoms with Gasteiger partial charge in [-0.05, 0) is 24.1 Å². The van der Waals surface area contributed by atoms with Crippen molar-refractivity contribution in [3.63, 3.8) is 0 Å². The number of hydrogen-bond acceptors (Lipinski definition) is 3. The predicted octanol–water partition coefficient (Wildman–Crippen LogP) is 1.76. The van der Waals surface area contributed by atoms with Gasteiger partial charge in [-0.1, -0.05) is 28.1 Å². The van der Waals surface area contributed by atoms with Crippen molar-refractivity contribution >= 4 is 21.9 Å². The van der Waals surface area contributed by atoms with Crippen LogP contribution in [0.1, 0.15) is 11.1 Å². The minimum atomic E-state index is -0.384. The summed E-state index contributed by atoms with van der Waals surface area (Å²) in [7, 11) is 0. The molecule has 0 unspecified atom stereocenters.